The Hall–Kier alpha value is -2.08. The largest absolute Gasteiger partial charge is 0.372 e. The average molecular weight is 389 g/mol. The Morgan fingerprint density at radius 3 is 2.43 bits per heavy atom. The Bertz CT molecular complexity index is 634. The van der Waals surface area contributed by atoms with Gasteiger partial charge in [0.05, 0.1) is 18.8 Å². The van der Waals surface area contributed by atoms with Gasteiger partial charge >= 0.3 is 0 Å². The maximum absolute atomic E-state index is 12.8. The third kappa shape index (κ3) is 6.51. The second-order valence-electron chi connectivity index (χ2n) is 7.61. The molecule has 0 aromatic heterocycles. The molecule has 1 fully saturated rings. The summed E-state index contributed by atoms with van der Waals surface area (Å²) in [7, 11) is 2.07. The highest BCUT2D eigenvalue weighted by molar-refractivity contribution is 5.94. The molecule has 2 unspecified atom stereocenters. The van der Waals surface area contributed by atoms with Gasteiger partial charge in [-0.05, 0) is 44.9 Å². The van der Waals surface area contributed by atoms with Crippen LogP contribution in [0.25, 0.3) is 0 Å². The van der Waals surface area contributed by atoms with Crippen molar-refractivity contribution in [3.63, 3.8) is 0 Å². The van der Waals surface area contributed by atoms with Gasteiger partial charge in [-0.3, -0.25) is 4.79 Å². The van der Waals surface area contributed by atoms with E-state index in [0.717, 1.165) is 36.6 Å². The minimum Gasteiger partial charge on any atom is -0.372 e. The van der Waals surface area contributed by atoms with Crippen molar-refractivity contribution >= 4 is 11.9 Å². The Morgan fingerprint density at radius 1 is 1.21 bits per heavy atom. The first-order valence-electron chi connectivity index (χ1n) is 10.5. The molecule has 156 valence electrons. The van der Waals surface area contributed by atoms with Crippen molar-refractivity contribution in [1.82, 2.24) is 15.1 Å². The van der Waals surface area contributed by atoms with Gasteiger partial charge < -0.3 is 19.9 Å². The molecule has 1 aliphatic heterocycles. The number of unbranched alkanes of at least 4 members (excludes halogenated alkanes) is 1. The molecule has 2 atom stereocenters. The van der Waals surface area contributed by atoms with Crippen LogP contribution < -0.4 is 5.32 Å². The third-order valence-electron chi connectivity index (χ3n) is 4.86. The number of rotatable bonds is 7. The zero-order valence-corrected chi connectivity index (χ0v) is 18.1. The molecule has 0 aliphatic carbocycles. The molecule has 1 aromatic carbocycles. The first-order chi connectivity index (χ1) is 13.4. The van der Waals surface area contributed by atoms with Crippen LogP contribution in [0, 0.1) is 0 Å². The van der Waals surface area contributed by atoms with Crippen molar-refractivity contribution < 1.29 is 9.53 Å². The minimum atomic E-state index is 0.0738. The molecule has 6 nitrogen and oxygen atoms in total. The van der Waals surface area contributed by atoms with Crippen LogP contribution in [0.15, 0.2) is 29.3 Å². The minimum absolute atomic E-state index is 0.0738. The van der Waals surface area contributed by atoms with E-state index in [-0.39, 0.29) is 18.1 Å². The highest BCUT2D eigenvalue weighted by Gasteiger charge is 2.26. The molecule has 1 aliphatic rings. The number of nitrogens with one attached hydrogen (secondary N) is 1. The van der Waals surface area contributed by atoms with E-state index in [9.17, 15) is 4.79 Å². The summed E-state index contributed by atoms with van der Waals surface area (Å²) in [6, 6.07) is 7.82. The van der Waals surface area contributed by atoms with Crippen molar-refractivity contribution in [1.29, 1.82) is 0 Å². The van der Waals surface area contributed by atoms with E-state index >= 15 is 0 Å². The van der Waals surface area contributed by atoms with Crippen LogP contribution in [-0.2, 0) is 11.3 Å². The monoisotopic (exact) mass is 388 g/mol. The fourth-order valence-electron chi connectivity index (χ4n) is 3.42. The topological polar surface area (TPSA) is 57.2 Å². The maximum Gasteiger partial charge on any atom is 0.254 e. The summed E-state index contributed by atoms with van der Waals surface area (Å²) in [4.78, 5) is 21.6. The third-order valence-corrected chi connectivity index (χ3v) is 4.86. The summed E-state index contributed by atoms with van der Waals surface area (Å²) in [6.07, 6.45) is 2.47. The second-order valence-corrected chi connectivity index (χ2v) is 7.61. The number of nitrogens with zero attached hydrogens (tertiary/aromatic N) is 3. The van der Waals surface area contributed by atoms with Crippen molar-refractivity contribution in [2.45, 2.75) is 59.3 Å². The molecule has 1 heterocycles. The van der Waals surface area contributed by atoms with E-state index in [2.05, 4.69) is 31.1 Å². The number of hydrogen-bond donors (Lipinski definition) is 1. The summed E-state index contributed by atoms with van der Waals surface area (Å²) in [6.45, 7) is 12.0. The van der Waals surface area contributed by atoms with Gasteiger partial charge in [0, 0.05) is 38.8 Å². The number of carbonyl (C=O) groups excluding carboxylic acids is 1. The van der Waals surface area contributed by atoms with Crippen LogP contribution in [0.1, 0.15) is 56.5 Å². The average Bonchev–Trinajstić information content (AvgIpc) is 2.68. The second kappa shape index (κ2) is 11.1. The van der Waals surface area contributed by atoms with Crippen LogP contribution in [-0.4, -0.2) is 67.1 Å². The Balaban J connectivity index is 1.99. The highest BCUT2D eigenvalue weighted by Crippen LogP contribution is 2.15. The lowest BCUT2D eigenvalue weighted by Gasteiger charge is -2.35. The quantitative estimate of drug-likeness (QED) is 0.576. The van der Waals surface area contributed by atoms with Crippen LogP contribution in [0.4, 0.5) is 0 Å². The van der Waals surface area contributed by atoms with E-state index in [1.54, 1.807) is 0 Å². The molecule has 0 bridgehead atoms. The predicted molar refractivity (Wildman–Crippen MR) is 115 cm³/mol. The molecule has 0 saturated carbocycles. The van der Waals surface area contributed by atoms with E-state index in [1.165, 1.54) is 6.42 Å². The predicted octanol–water partition coefficient (Wildman–Crippen LogP) is 3.13. The SMILES string of the molecule is CCCCN(C)C(=NCc1ccc(C(=O)N2CC(C)OC(C)C2)cc1)NCC. The first kappa shape index (κ1) is 22.2. The van der Waals surface area contributed by atoms with Gasteiger partial charge in [-0.1, -0.05) is 25.5 Å². The zero-order valence-electron chi connectivity index (χ0n) is 18.1. The van der Waals surface area contributed by atoms with Crippen molar-refractivity contribution in [2.75, 3.05) is 33.2 Å². The number of carbonyl (C=O) groups is 1. The van der Waals surface area contributed by atoms with Gasteiger partial charge in [0.1, 0.15) is 0 Å². The standard InChI is InChI=1S/C22H36N4O2/c1-6-8-13-25(5)22(23-7-2)24-14-19-9-11-20(12-10-19)21(27)26-15-17(3)28-18(4)16-26/h9-12,17-18H,6-8,13-16H2,1-5H3,(H,23,24). The summed E-state index contributed by atoms with van der Waals surface area (Å²) >= 11 is 0. The molecule has 1 aromatic rings. The summed E-state index contributed by atoms with van der Waals surface area (Å²) in [5, 5.41) is 3.35. The molecular weight excluding hydrogens is 352 g/mol. The van der Waals surface area contributed by atoms with Crippen LogP contribution in [0.3, 0.4) is 0 Å². The fraction of sp³-hybridized carbons (Fsp3) is 0.636. The Morgan fingerprint density at radius 2 is 1.86 bits per heavy atom. The van der Waals surface area contributed by atoms with E-state index in [0.29, 0.717) is 19.6 Å². The molecular formula is C22H36N4O2. The molecule has 1 amide bonds. The van der Waals surface area contributed by atoms with Crippen LogP contribution in [0.5, 0.6) is 0 Å². The first-order valence-corrected chi connectivity index (χ1v) is 10.5. The lowest BCUT2D eigenvalue weighted by molar-refractivity contribution is -0.0586. The van der Waals surface area contributed by atoms with Crippen LogP contribution in [0.2, 0.25) is 0 Å². The van der Waals surface area contributed by atoms with Crippen molar-refractivity contribution in [3.05, 3.63) is 35.4 Å². The zero-order chi connectivity index (χ0) is 20.5. The molecule has 0 spiro atoms. The van der Waals surface area contributed by atoms with Gasteiger partial charge in [0.2, 0.25) is 0 Å². The van der Waals surface area contributed by atoms with Crippen LogP contribution >= 0.6 is 0 Å². The fourth-order valence-corrected chi connectivity index (χ4v) is 3.42. The maximum atomic E-state index is 12.8. The normalized spacial score (nSPS) is 20.2. The summed E-state index contributed by atoms with van der Waals surface area (Å²) in [5.74, 6) is 0.997. The molecule has 1 N–H and O–H groups in total. The number of hydrogen-bond acceptors (Lipinski definition) is 3. The number of ether oxygens (including phenoxy) is 1. The van der Waals surface area contributed by atoms with Gasteiger partial charge in [-0.15, -0.1) is 0 Å². The Kier molecular flexibility index (Phi) is 8.77. The number of guanidine groups is 1. The Labute approximate surface area is 170 Å². The van der Waals surface area contributed by atoms with Gasteiger partial charge in [-0.2, -0.15) is 0 Å². The molecule has 2 rings (SSSR count). The lowest BCUT2D eigenvalue weighted by Crippen LogP contribution is -2.48. The summed E-state index contributed by atoms with van der Waals surface area (Å²) < 4.78 is 5.72. The van der Waals surface area contributed by atoms with E-state index in [1.807, 2.05) is 43.0 Å². The highest BCUT2D eigenvalue weighted by atomic mass is 16.5. The molecule has 0 radical (unpaired) electrons. The van der Waals surface area contributed by atoms with Gasteiger partial charge in [0.15, 0.2) is 5.96 Å². The number of aliphatic imine (C=N–C) groups is 1. The number of morpholine rings is 1. The van der Waals surface area contributed by atoms with E-state index in [4.69, 9.17) is 9.73 Å². The summed E-state index contributed by atoms with van der Waals surface area (Å²) in [5.41, 5.74) is 1.82. The molecule has 1 saturated heterocycles. The van der Waals surface area contributed by atoms with Gasteiger partial charge in [-0.25, -0.2) is 4.99 Å². The molecule has 28 heavy (non-hydrogen) atoms. The van der Waals surface area contributed by atoms with Crippen molar-refractivity contribution in [3.8, 4) is 0 Å². The lowest BCUT2D eigenvalue weighted by atomic mass is 10.1. The molecule has 6 heteroatoms. The number of amides is 1. The number of benzene rings is 1. The van der Waals surface area contributed by atoms with E-state index < -0.39 is 0 Å². The smallest absolute Gasteiger partial charge is 0.254 e. The van der Waals surface area contributed by atoms with Crippen molar-refractivity contribution in [2.24, 2.45) is 4.99 Å². The van der Waals surface area contributed by atoms with Gasteiger partial charge in [0.25, 0.3) is 5.91 Å².